The summed E-state index contributed by atoms with van der Waals surface area (Å²) >= 11 is 0. The molecule has 6 heteroatoms. The first-order valence-corrected chi connectivity index (χ1v) is 25.1. The third kappa shape index (κ3) is 10.9. The molecule has 50 heavy (non-hydrogen) atoms. The van der Waals surface area contributed by atoms with E-state index >= 15 is 0 Å². The van der Waals surface area contributed by atoms with Gasteiger partial charge < -0.3 is 9.47 Å². The van der Waals surface area contributed by atoms with Crippen LogP contribution in [0.1, 0.15) is 120 Å². The van der Waals surface area contributed by atoms with Crippen molar-refractivity contribution in [2.75, 3.05) is 0 Å². The lowest BCUT2D eigenvalue weighted by Crippen LogP contribution is -2.48. The number of aryl methyl sites for hydroxylation is 2. The molecule has 2 nitrogen and oxygen atoms in total. The highest BCUT2D eigenvalue weighted by molar-refractivity contribution is 6.84. The van der Waals surface area contributed by atoms with E-state index in [2.05, 4.69) is 132 Å². The van der Waals surface area contributed by atoms with E-state index in [9.17, 15) is 8.78 Å². The molecule has 0 amide bonds. The molecule has 4 rings (SSSR count). The number of alkyl halides is 2. The zero-order chi connectivity index (χ0) is 37.2. The van der Waals surface area contributed by atoms with Gasteiger partial charge in [-0.05, 0) is 48.9 Å². The highest BCUT2D eigenvalue weighted by Crippen LogP contribution is 2.49. The number of rotatable bonds is 16. The predicted molar refractivity (Wildman–Crippen MR) is 218 cm³/mol. The van der Waals surface area contributed by atoms with E-state index < -0.39 is 28.5 Å². The summed E-state index contributed by atoms with van der Waals surface area (Å²) in [6.07, 6.45) is 3.20. The summed E-state index contributed by atoms with van der Waals surface area (Å²) < 4.78 is 42.1. The standard InChI is InChI=1S/2C22H37FOSi/c2*1-16(2)25(17(3)4,18(5)6)15-22-21(23)14-20(24-22)13-12-19-10-8-7-9-11-19/h2*7-11,16-18,20-22H,12-15H2,1-6H3/t20-,21+,22-;20-,21-,22-/m11/s1. The monoisotopic (exact) mass is 729 g/mol. The van der Waals surface area contributed by atoms with Crippen LogP contribution in [0.3, 0.4) is 0 Å². The quantitative estimate of drug-likeness (QED) is 0.160. The van der Waals surface area contributed by atoms with Crippen LogP contribution in [0.25, 0.3) is 0 Å². The second kappa shape index (κ2) is 19.6. The van der Waals surface area contributed by atoms with E-state index in [1.54, 1.807) is 0 Å². The molecule has 2 aromatic rings. The van der Waals surface area contributed by atoms with Crippen LogP contribution in [0, 0.1) is 0 Å². The van der Waals surface area contributed by atoms with Gasteiger partial charge in [-0.25, -0.2) is 8.78 Å². The lowest BCUT2D eigenvalue weighted by atomic mass is 10.0. The molecule has 0 unspecified atom stereocenters. The first-order chi connectivity index (χ1) is 23.5. The summed E-state index contributed by atoms with van der Waals surface area (Å²) in [5.41, 5.74) is 6.59. The Hall–Kier alpha value is -1.35. The third-order valence-corrected chi connectivity index (χ3v) is 28.4. The maximum absolute atomic E-state index is 14.8. The zero-order valence-electron chi connectivity index (χ0n) is 33.9. The van der Waals surface area contributed by atoms with Crippen LogP contribution in [0.4, 0.5) is 8.78 Å². The number of hydrogen-bond donors (Lipinski definition) is 0. The fourth-order valence-electron chi connectivity index (χ4n) is 10.4. The molecular weight excluding hydrogens is 655 g/mol. The van der Waals surface area contributed by atoms with Crippen molar-refractivity contribution in [1.82, 2.24) is 0 Å². The SMILES string of the molecule is CC(C)[Si](C[C@H]1O[C@H](CCc2ccccc2)C[C@@H]1F)(C(C)C)C(C)C.CC(C)[Si](C[C@H]1O[C@H](CCc2ccccc2)C[C@H]1F)(C(C)C)C(C)C. The topological polar surface area (TPSA) is 18.5 Å². The van der Waals surface area contributed by atoms with Crippen LogP contribution in [0.5, 0.6) is 0 Å². The van der Waals surface area contributed by atoms with Gasteiger partial charge in [0.1, 0.15) is 12.3 Å². The highest BCUT2D eigenvalue weighted by atomic mass is 28.3. The Morgan fingerprint density at radius 2 is 0.780 bits per heavy atom. The van der Waals surface area contributed by atoms with Crippen LogP contribution in [0.15, 0.2) is 60.7 Å². The van der Waals surface area contributed by atoms with Crippen LogP contribution >= 0.6 is 0 Å². The molecule has 2 aromatic carbocycles. The maximum Gasteiger partial charge on any atom is 0.128 e. The van der Waals surface area contributed by atoms with Crippen molar-refractivity contribution >= 4 is 16.1 Å². The summed E-state index contributed by atoms with van der Waals surface area (Å²) in [5, 5.41) is 0. The normalized spacial score (nSPS) is 24.6. The molecule has 284 valence electrons. The van der Waals surface area contributed by atoms with Gasteiger partial charge in [0.05, 0.1) is 40.6 Å². The maximum atomic E-state index is 14.8. The Morgan fingerprint density at radius 3 is 1.04 bits per heavy atom. The molecule has 2 fully saturated rings. The van der Waals surface area contributed by atoms with Gasteiger partial charge in [0.2, 0.25) is 0 Å². The smallest absolute Gasteiger partial charge is 0.128 e. The van der Waals surface area contributed by atoms with Crippen molar-refractivity contribution in [1.29, 1.82) is 0 Å². The van der Waals surface area contributed by atoms with Crippen LogP contribution in [-0.4, -0.2) is 52.9 Å². The molecule has 2 heterocycles. The van der Waals surface area contributed by atoms with Crippen molar-refractivity contribution in [3.8, 4) is 0 Å². The first kappa shape index (κ1) is 43.1. The number of halogens is 2. The minimum absolute atomic E-state index is 0.0818. The fraction of sp³-hybridized carbons (Fsp3) is 0.727. The highest BCUT2D eigenvalue weighted by Gasteiger charge is 2.49. The van der Waals surface area contributed by atoms with Gasteiger partial charge in [-0.2, -0.15) is 0 Å². The van der Waals surface area contributed by atoms with E-state index in [0.717, 1.165) is 37.8 Å². The Kier molecular flexibility index (Phi) is 16.9. The second-order valence-electron chi connectivity index (χ2n) is 17.7. The molecule has 0 N–H and O–H groups in total. The molecule has 0 radical (unpaired) electrons. The Labute approximate surface area is 308 Å². The van der Waals surface area contributed by atoms with Crippen LogP contribution < -0.4 is 0 Å². The molecule has 2 saturated heterocycles. The first-order valence-electron chi connectivity index (χ1n) is 20.2. The van der Waals surface area contributed by atoms with Crippen molar-refractivity contribution in [3.05, 3.63) is 71.8 Å². The molecule has 0 saturated carbocycles. The lowest BCUT2D eigenvalue weighted by Gasteiger charge is -2.45. The third-order valence-electron chi connectivity index (χ3n) is 13.3. The number of benzene rings is 2. The molecule has 0 aromatic heterocycles. The molecule has 0 spiro atoms. The van der Waals surface area contributed by atoms with E-state index in [4.69, 9.17) is 9.47 Å². The van der Waals surface area contributed by atoms with Gasteiger partial charge in [-0.15, -0.1) is 0 Å². The van der Waals surface area contributed by atoms with Crippen LogP contribution in [0.2, 0.25) is 45.3 Å². The van der Waals surface area contributed by atoms with Gasteiger partial charge >= 0.3 is 0 Å². The Bertz CT molecular complexity index is 1080. The number of hydrogen-bond acceptors (Lipinski definition) is 2. The average molecular weight is 729 g/mol. The van der Waals surface area contributed by atoms with E-state index in [0.29, 0.717) is 46.1 Å². The Balaban J connectivity index is 0.000000270. The summed E-state index contributed by atoms with van der Waals surface area (Å²) in [7, 11) is -3.23. The van der Waals surface area contributed by atoms with Crippen molar-refractivity contribution < 1.29 is 18.3 Å². The van der Waals surface area contributed by atoms with Gasteiger partial charge in [0.25, 0.3) is 0 Å². The fourth-order valence-corrected chi connectivity index (χ4v) is 23.3. The summed E-state index contributed by atoms with van der Waals surface area (Å²) in [6.45, 7) is 28.2. The minimum Gasteiger partial charge on any atom is -0.372 e. The largest absolute Gasteiger partial charge is 0.372 e. The Morgan fingerprint density at radius 1 is 0.500 bits per heavy atom. The van der Waals surface area contributed by atoms with Gasteiger partial charge in [0, 0.05) is 12.8 Å². The zero-order valence-corrected chi connectivity index (χ0v) is 35.9. The van der Waals surface area contributed by atoms with E-state index in [-0.39, 0.29) is 24.4 Å². The van der Waals surface area contributed by atoms with Crippen molar-refractivity contribution in [2.45, 2.75) is 204 Å². The van der Waals surface area contributed by atoms with E-state index in [1.165, 1.54) is 11.1 Å². The van der Waals surface area contributed by atoms with Gasteiger partial charge in [-0.1, -0.05) is 177 Å². The predicted octanol–water partition coefficient (Wildman–Crippen LogP) is 13.6. The summed E-state index contributed by atoms with van der Waals surface area (Å²) in [5.74, 6) is 0. The summed E-state index contributed by atoms with van der Waals surface area (Å²) in [4.78, 5) is 0. The molecule has 0 aliphatic carbocycles. The summed E-state index contributed by atoms with van der Waals surface area (Å²) in [6, 6.07) is 22.9. The van der Waals surface area contributed by atoms with Crippen molar-refractivity contribution in [3.63, 3.8) is 0 Å². The molecule has 6 atom stereocenters. The molecule has 0 bridgehead atoms. The molecular formula is C44H74F2O2Si2. The van der Waals surface area contributed by atoms with E-state index in [1.807, 2.05) is 12.1 Å². The molecule has 2 aliphatic rings. The van der Waals surface area contributed by atoms with Crippen LogP contribution in [-0.2, 0) is 22.3 Å². The van der Waals surface area contributed by atoms with Gasteiger partial charge in [0.15, 0.2) is 0 Å². The molecule has 2 aliphatic heterocycles. The second-order valence-corrected chi connectivity index (χ2v) is 29.9. The minimum atomic E-state index is -1.62. The van der Waals surface area contributed by atoms with Gasteiger partial charge in [-0.3, -0.25) is 0 Å². The lowest BCUT2D eigenvalue weighted by molar-refractivity contribution is 0.0351. The average Bonchev–Trinajstić information content (AvgIpc) is 3.60. The number of ether oxygens (including phenoxy) is 2. The van der Waals surface area contributed by atoms with Crippen molar-refractivity contribution in [2.24, 2.45) is 0 Å².